The standard InChI is InChI=1S/C13H12N2O3/c1-9(16)10-3-5-12(6-4-10)18-13(17)11-7-14-15(2)8-11/h3-8H,1-2H3. The SMILES string of the molecule is CC(=O)c1ccc(OC(=O)c2cnn(C)c2)cc1. The zero-order valence-electron chi connectivity index (χ0n) is 10.1. The Hall–Kier alpha value is -2.43. The molecule has 2 aromatic rings. The van der Waals surface area contributed by atoms with Crippen LogP contribution in [0.1, 0.15) is 27.6 Å². The smallest absolute Gasteiger partial charge is 0.346 e. The molecule has 0 radical (unpaired) electrons. The Morgan fingerprint density at radius 1 is 1.17 bits per heavy atom. The van der Waals surface area contributed by atoms with Crippen LogP contribution in [0.3, 0.4) is 0 Å². The summed E-state index contributed by atoms with van der Waals surface area (Å²) in [4.78, 5) is 22.8. The Morgan fingerprint density at radius 2 is 1.83 bits per heavy atom. The highest BCUT2D eigenvalue weighted by molar-refractivity contribution is 5.94. The molecule has 5 nitrogen and oxygen atoms in total. The first-order valence-electron chi connectivity index (χ1n) is 5.38. The van der Waals surface area contributed by atoms with Crippen LogP contribution in [0.25, 0.3) is 0 Å². The van der Waals surface area contributed by atoms with Crippen LogP contribution in [0.4, 0.5) is 0 Å². The van der Waals surface area contributed by atoms with Crippen LogP contribution in [0, 0.1) is 0 Å². The van der Waals surface area contributed by atoms with Crippen molar-refractivity contribution in [3.05, 3.63) is 47.8 Å². The van der Waals surface area contributed by atoms with E-state index in [0.29, 0.717) is 16.9 Å². The number of ketones is 1. The monoisotopic (exact) mass is 244 g/mol. The Morgan fingerprint density at radius 3 is 2.33 bits per heavy atom. The lowest BCUT2D eigenvalue weighted by Gasteiger charge is -2.02. The molecule has 0 N–H and O–H groups in total. The van der Waals surface area contributed by atoms with Gasteiger partial charge in [0.1, 0.15) is 5.75 Å². The molecule has 0 atom stereocenters. The lowest BCUT2D eigenvalue weighted by atomic mass is 10.1. The van der Waals surface area contributed by atoms with Crippen molar-refractivity contribution in [2.45, 2.75) is 6.92 Å². The van der Waals surface area contributed by atoms with Gasteiger partial charge in [-0.15, -0.1) is 0 Å². The number of esters is 1. The van der Waals surface area contributed by atoms with Crippen molar-refractivity contribution in [2.75, 3.05) is 0 Å². The van der Waals surface area contributed by atoms with E-state index in [1.807, 2.05) is 0 Å². The van der Waals surface area contributed by atoms with Gasteiger partial charge in [-0.3, -0.25) is 9.48 Å². The van der Waals surface area contributed by atoms with Crippen molar-refractivity contribution >= 4 is 11.8 Å². The molecule has 0 saturated heterocycles. The maximum Gasteiger partial charge on any atom is 0.346 e. The number of hydrogen-bond donors (Lipinski definition) is 0. The van der Waals surface area contributed by atoms with E-state index >= 15 is 0 Å². The minimum absolute atomic E-state index is 0.0277. The molecule has 1 heterocycles. The zero-order chi connectivity index (χ0) is 13.1. The predicted molar refractivity (Wildman–Crippen MR) is 64.6 cm³/mol. The third-order valence-electron chi connectivity index (χ3n) is 2.41. The molecule has 2 rings (SSSR count). The second-order valence-corrected chi connectivity index (χ2v) is 3.87. The second kappa shape index (κ2) is 4.83. The molecule has 0 saturated carbocycles. The van der Waals surface area contributed by atoms with Gasteiger partial charge in [-0.25, -0.2) is 4.79 Å². The summed E-state index contributed by atoms with van der Waals surface area (Å²) in [5.74, 6) is -0.104. The van der Waals surface area contributed by atoms with E-state index in [1.54, 1.807) is 37.5 Å². The molecule has 1 aromatic heterocycles. The first-order chi connectivity index (χ1) is 8.56. The van der Waals surface area contributed by atoms with E-state index in [2.05, 4.69) is 5.10 Å². The average molecular weight is 244 g/mol. The van der Waals surface area contributed by atoms with Gasteiger partial charge >= 0.3 is 5.97 Å². The third kappa shape index (κ3) is 2.63. The van der Waals surface area contributed by atoms with Crippen molar-refractivity contribution in [2.24, 2.45) is 7.05 Å². The topological polar surface area (TPSA) is 61.2 Å². The minimum atomic E-state index is -0.473. The number of rotatable bonds is 3. The fourth-order valence-corrected chi connectivity index (χ4v) is 1.45. The van der Waals surface area contributed by atoms with E-state index in [9.17, 15) is 9.59 Å². The minimum Gasteiger partial charge on any atom is -0.423 e. The molecule has 18 heavy (non-hydrogen) atoms. The first-order valence-corrected chi connectivity index (χ1v) is 5.38. The summed E-state index contributed by atoms with van der Waals surface area (Å²) in [6.45, 7) is 1.48. The van der Waals surface area contributed by atoms with Crippen molar-refractivity contribution in [1.29, 1.82) is 0 Å². The summed E-state index contributed by atoms with van der Waals surface area (Å²) in [6, 6.07) is 6.42. The van der Waals surface area contributed by atoms with E-state index in [4.69, 9.17) is 4.74 Å². The lowest BCUT2D eigenvalue weighted by Crippen LogP contribution is -2.07. The number of aryl methyl sites for hydroxylation is 1. The van der Waals surface area contributed by atoms with Crippen LogP contribution in [-0.4, -0.2) is 21.5 Å². The van der Waals surface area contributed by atoms with Crippen molar-refractivity contribution in [3.8, 4) is 5.75 Å². The second-order valence-electron chi connectivity index (χ2n) is 3.87. The van der Waals surface area contributed by atoms with Gasteiger partial charge in [0.05, 0.1) is 11.8 Å². The van der Waals surface area contributed by atoms with Gasteiger partial charge in [-0.1, -0.05) is 0 Å². The predicted octanol–water partition coefficient (Wildman–Crippen LogP) is 1.84. The molecule has 0 aliphatic heterocycles. The summed E-state index contributed by atoms with van der Waals surface area (Å²) in [5, 5.41) is 3.89. The van der Waals surface area contributed by atoms with Gasteiger partial charge in [-0.2, -0.15) is 5.10 Å². The fourth-order valence-electron chi connectivity index (χ4n) is 1.45. The number of carbonyl (C=O) groups is 2. The van der Waals surface area contributed by atoms with E-state index in [0.717, 1.165) is 0 Å². The number of nitrogens with zero attached hydrogens (tertiary/aromatic N) is 2. The van der Waals surface area contributed by atoms with Gasteiger partial charge < -0.3 is 4.74 Å². The van der Waals surface area contributed by atoms with Gasteiger partial charge in [0.25, 0.3) is 0 Å². The quantitative estimate of drug-likeness (QED) is 0.469. The number of ether oxygens (including phenoxy) is 1. The summed E-state index contributed by atoms with van der Waals surface area (Å²) < 4.78 is 6.67. The number of Topliss-reactive ketones (excluding diaryl/α,β-unsaturated/α-hetero) is 1. The Labute approximate surface area is 104 Å². The fraction of sp³-hybridized carbons (Fsp3) is 0.154. The number of carbonyl (C=O) groups excluding carboxylic acids is 2. The van der Waals surface area contributed by atoms with Crippen LogP contribution < -0.4 is 4.74 Å². The van der Waals surface area contributed by atoms with E-state index in [1.165, 1.54) is 17.8 Å². The molecule has 1 aromatic carbocycles. The first kappa shape index (κ1) is 12.0. The van der Waals surface area contributed by atoms with Gasteiger partial charge in [0, 0.05) is 18.8 Å². The largest absolute Gasteiger partial charge is 0.423 e. The lowest BCUT2D eigenvalue weighted by molar-refractivity contribution is 0.0734. The van der Waals surface area contributed by atoms with Crippen LogP contribution in [0.5, 0.6) is 5.75 Å². The maximum atomic E-state index is 11.7. The Kier molecular flexibility index (Phi) is 3.23. The number of aromatic nitrogens is 2. The maximum absolute atomic E-state index is 11.7. The Bertz CT molecular complexity index is 585. The average Bonchev–Trinajstić information content (AvgIpc) is 2.76. The molecule has 0 amide bonds. The molecule has 0 aliphatic carbocycles. The van der Waals surface area contributed by atoms with E-state index < -0.39 is 5.97 Å². The molecule has 0 bridgehead atoms. The van der Waals surface area contributed by atoms with Gasteiger partial charge in [0.2, 0.25) is 0 Å². The molecule has 92 valence electrons. The highest BCUT2D eigenvalue weighted by atomic mass is 16.5. The molecule has 0 aliphatic rings. The highest BCUT2D eigenvalue weighted by Gasteiger charge is 2.10. The molecule has 5 heteroatoms. The molecule has 0 unspecified atom stereocenters. The zero-order valence-corrected chi connectivity index (χ0v) is 10.1. The number of hydrogen-bond acceptors (Lipinski definition) is 4. The third-order valence-corrected chi connectivity index (χ3v) is 2.41. The molecular formula is C13H12N2O3. The molecular weight excluding hydrogens is 232 g/mol. The van der Waals surface area contributed by atoms with Gasteiger partial charge in [0.15, 0.2) is 5.78 Å². The van der Waals surface area contributed by atoms with Crippen LogP contribution in [0.2, 0.25) is 0 Å². The summed E-state index contributed by atoms with van der Waals surface area (Å²) in [7, 11) is 1.72. The Balaban J connectivity index is 2.10. The normalized spacial score (nSPS) is 10.1. The summed E-state index contributed by atoms with van der Waals surface area (Å²) in [5.41, 5.74) is 0.962. The van der Waals surface area contributed by atoms with Crippen molar-refractivity contribution < 1.29 is 14.3 Å². The molecule has 0 fully saturated rings. The summed E-state index contributed by atoms with van der Waals surface area (Å²) in [6.07, 6.45) is 3.01. The highest BCUT2D eigenvalue weighted by Crippen LogP contribution is 2.14. The van der Waals surface area contributed by atoms with Crippen LogP contribution in [0.15, 0.2) is 36.7 Å². The van der Waals surface area contributed by atoms with Crippen molar-refractivity contribution in [3.63, 3.8) is 0 Å². The molecule has 0 spiro atoms. The number of benzene rings is 1. The van der Waals surface area contributed by atoms with Crippen LogP contribution in [-0.2, 0) is 7.05 Å². The van der Waals surface area contributed by atoms with Crippen molar-refractivity contribution in [1.82, 2.24) is 9.78 Å². The van der Waals surface area contributed by atoms with Crippen LogP contribution >= 0.6 is 0 Å². The summed E-state index contributed by atoms with van der Waals surface area (Å²) >= 11 is 0. The van der Waals surface area contributed by atoms with E-state index in [-0.39, 0.29) is 5.78 Å². The van der Waals surface area contributed by atoms with Gasteiger partial charge in [-0.05, 0) is 31.2 Å².